The van der Waals surface area contributed by atoms with Crippen molar-refractivity contribution in [2.45, 2.75) is 56.5 Å². The highest BCUT2D eigenvalue weighted by Crippen LogP contribution is 2.34. The molecule has 1 unspecified atom stereocenters. The number of aliphatic carboxylic acids is 1. The van der Waals surface area contributed by atoms with E-state index in [9.17, 15) is 24.3 Å². The first-order valence-electron chi connectivity index (χ1n) is 11.7. The van der Waals surface area contributed by atoms with Gasteiger partial charge < -0.3 is 14.7 Å². The molecule has 0 radical (unpaired) electrons. The van der Waals surface area contributed by atoms with Crippen LogP contribution in [-0.4, -0.2) is 77.8 Å². The SMILES string of the molecule is CCOC(=O)[C@@H](CCC1CCN(C(C)=O)CC1)NC1CSc2ccccc2N(CC(=O)O)C1=O. The van der Waals surface area contributed by atoms with Crippen LogP contribution in [0.2, 0.25) is 0 Å². The van der Waals surface area contributed by atoms with Crippen molar-refractivity contribution in [3.63, 3.8) is 0 Å². The smallest absolute Gasteiger partial charge is 0.323 e. The molecule has 2 amide bonds. The largest absolute Gasteiger partial charge is 0.480 e. The highest BCUT2D eigenvalue weighted by Gasteiger charge is 2.35. The summed E-state index contributed by atoms with van der Waals surface area (Å²) in [5.74, 6) is -1.04. The van der Waals surface area contributed by atoms with E-state index in [-0.39, 0.29) is 18.4 Å². The number of para-hydroxylation sites is 1. The lowest BCUT2D eigenvalue weighted by Gasteiger charge is -2.32. The van der Waals surface area contributed by atoms with Crippen molar-refractivity contribution in [2.75, 3.05) is 36.9 Å². The van der Waals surface area contributed by atoms with Gasteiger partial charge in [-0.1, -0.05) is 12.1 Å². The van der Waals surface area contributed by atoms with Gasteiger partial charge in [-0.2, -0.15) is 0 Å². The summed E-state index contributed by atoms with van der Waals surface area (Å²) in [6, 6.07) is 5.82. The Bertz CT molecular complexity index is 902. The first-order chi connectivity index (χ1) is 16.3. The molecule has 1 saturated heterocycles. The van der Waals surface area contributed by atoms with E-state index >= 15 is 0 Å². The van der Waals surface area contributed by atoms with Gasteiger partial charge in [0.1, 0.15) is 12.6 Å². The van der Waals surface area contributed by atoms with Crippen LogP contribution in [0.1, 0.15) is 39.5 Å². The maximum absolute atomic E-state index is 13.4. The first-order valence-corrected chi connectivity index (χ1v) is 12.7. The summed E-state index contributed by atoms with van der Waals surface area (Å²) < 4.78 is 5.27. The third-order valence-corrected chi connectivity index (χ3v) is 7.47. The Hall–Kier alpha value is -2.59. The van der Waals surface area contributed by atoms with E-state index in [1.807, 2.05) is 17.0 Å². The summed E-state index contributed by atoms with van der Waals surface area (Å²) in [5, 5.41) is 12.6. The van der Waals surface area contributed by atoms with Crippen molar-refractivity contribution in [3.8, 4) is 0 Å². The van der Waals surface area contributed by atoms with Crippen LogP contribution in [0.5, 0.6) is 0 Å². The lowest BCUT2D eigenvalue weighted by Crippen LogP contribution is -2.54. The number of benzene rings is 1. The molecule has 2 N–H and O–H groups in total. The van der Waals surface area contributed by atoms with Gasteiger partial charge in [0.05, 0.1) is 18.3 Å². The molecule has 3 rings (SSSR count). The number of rotatable bonds is 9. The normalized spacial score (nSPS) is 19.8. The molecule has 0 spiro atoms. The predicted octanol–water partition coefficient (Wildman–Crippen LogP) is 2.14. The van der Waals surface area contributed by atoms with Gasteiger partial charge in [-0.25, -0.2) is 0 Å². The minimum atomic E-state index is -1.10. The highest BCUT2D eigenvalue weighted by atomic mass is 32.2. The van der Waals surface area contributed by atoms with E-state index in [1.54, 1.807) is 26.0 Å². The van der Waals surface area contributed by atoms with Crippen LogP contribution >= 0.6 is 11.8 Å². The fraction of sp³-hybridized carbons (Fsp3) is 0.583. The number of anilines is 1. The zero-order valence-corrected chi connectivity index (χ0v) is 20.5. The lowest BCUT2D eigenvalue weighted by molar-refractivity contribution is -0.146. The van der Waals surface area contributed by atoms with E-state index in [4.69, 9.17) is 4.74 Å². The van der Waals surface area contributed by atoms with Crippen molar-refractivity contribution in [1.29, 1.82) is 0 Å². The quantitative estimate of drug-likeness (QED) is 0.505. The average Bonchev–Trinajstić information content (AvgIpc) is 2.94. The van der Waals surface area contributed by atoms with Gasteiger partial charge in [-0.05, 0) is 50.7 Å². The molecule has 2 heterocycles. The molecule has 9 nitrogen and oxygen atoms in total. The van der Waals surface area contributed by atoms with E-state index in [0.717, 1.165) is 37.2 Å². The maximum Gasteiger partial charge on any atom is 0.323 e. The van der Waals surface area contributed by atoms with E-state index in [2.05, 4.69) is 5.32 Å². The first kappa shape index (κ1) is 26.0. The van der Waals surface area contributed by atoms with Crippen LogP contribution < -0.4 is 10.2 Å². The van der Waals surface area contributed by atoms with Crippen LogP contribution in [0.25, 0.3) is 0 Å². The molecule has 0 aliphatic carbocycles. The number of nitrogens with one attached hydrogen (secondary N) is 1. The van der Waals surface area contributed by atoms with Crippen LogP contribution in [0.4, 0.5) is 5.69 Å². The van der Waals surface area contributed by atoms with Crippen LogP contribution in [-0.2, 0) is 23.9 Å². The van der Waals surface area contributed by atoms with Gasteiger partial charge in [0.2, 0.25) is 11.8 Å². The third kappa shape index (κ3) is 6.73. The topological polar surface area (TPSA) is 116 Å². The van der Waals surface area contributed by atoms with Crippen LogP contribution in [0.15, 0.2) is 29.2 Å². The molecule has 1 aromatic carbocycles. The monoisotopic (exact) mass is 491 g/mol. The standard InChI is InChI=1S/C24H33N3O6S/c1-3-33-24(32)18(9-8-17-10-12-26(13-11-17)16(2)28)25-19-15-34-21-7-5-4-6-20(21)27(23(19)31)14-22(29)30/h4-7,17-19,25H,3,8-15H2,1-2H3,(H,29,30)/t18-,19?/m1/s1. The molecule has 186 valence electrons. The number of piperidine rings is 1. The van der Waals surface area contributed by atoms with Crippen molar-refractivity contribution in [1.82, 2.24) is 10.2 Å². The van der Waals surface area contributed by atoms with Crippen molar-refractivity contribution >= 4 is 41.2 Å². The number of fused-ring (bicyclic) bond motifs is 1. The number of carboxylic acids is 1. The number of hydrogen-bond donors (Lipinski definition) is 2. The summed E-state index contributed by atoms with van der Waals surface area (Å²) in [6.07, 6.45) is 3.04. The number of carbonyl (C=O) groups is 4. The minimum absolute atomic E-state index is 0.0841. The number of likely N-dealkylation sites (tertiary alicyclic amines) is 1. The van der Waals surface area contributed by atoms with E-state index < -0.39 is 30.6 Å². The average molecular weight is 492 g/mol. The summed E-state index contributed by atoms with van der Waals surface area (Å²) in [7, 11) is 0. The lowest BCUT2D eigenvalue weighted by atomic mass is 9.90. The Kier molecular flexibility index (Phi) is 9.35. The van der Waals surface area contributed by atoms with Gasteiger partial charge in [0, 0.05) is 30.7 Å². The fourth-order valence-corrected chi connectivity index (χ4v) is 5.55. The number of nitrogens with zero attached hydrogens (tertiary/aromatic N) is 2. The Labute approximate surface area is 204 Å². The predicted molar refractivity (Wildman–Crippen MR) is 129 cm³/mol. The number of amides is 2. The minimum Gasteiger partial charge on any atom is -0.480 e. The molecule has 0 aromatic heterocycles. The summed E-state index contributed by atoms with van der Waals surface area (Å²) >= 11 is 1.46. The molecular weight excluding hydrogens is 458 g/mol. The Balaban J connectivity index is 1.70. The van der Waals surface area contributed by atoms with Crippen molar-refractivity contribution in [2.24, 2.45) is 5.92 Å². The molecule has 2 aliphatic rings. The van der Waals surface area contributed by atoms with Gasteiger partial charge in [-0.3, -0.25) is 29.4 Å². The zero-order valence-electron chi connectivity index (χ0n) is 19.7. The maximum atomic E-state index is 13.4. The number of carbonyl (C=O) groups excluding carboxylic acids is 3. The van der Waals surface area contributed by atoms with Gasteiger partial charge in [0.25, 0.3) is 0 Å². The molecule has 10 heteroatoms. The summed E-state index contributed by atoms with van der Waals surface area (Å²) in [6.45, 7) is 4.54. The Morgan fingerprint density at radius 3 is 2.59 bits per heavy atom. The second-order valence-corrected chi connectivity index (χ2v) is 9.71. The van der Waals surface area contributed by atoms with Gasteiger partial charge in [0.15, 0.2) is 0 Å². The molecule has 2 atom stereocenters. The van der Waals surface area contributed by atoms with Crippen LogP contribution in [0, 0.1) is 5.92 Å². The summed E-state index contributed by atoms with van der Waals surface area (Å²) in [4.78, 5) is 53.1. The molecular formula is C24H33N3O6S. The van der Waals surface area contributed by atoms with E-state index in [1.165, 1.54) is 16.7 Å². The molecule has 34 heavy (non-hydrogen) atoms. The van der Waals surface area contributed by atoms with Gasteiger partial charge in [-0.15, -0.1) is 11.8 Å². The molecule has 1 fully saturated rings. The van der Waals surface area contributed by atoms with Crippen molar-refractivity contribution in [3.05, 3.63) is 24.3 Å². The molecule has 2 aliphatic heterocycles. The molecule has 1 aromatic rings. The Morgan fingerprint density at radius 2 is 1.94 bits per heavy atom. The Morgan fingerprint density at radius 1 is 1.24 bits per heavy atom. The highest BCUT2D eigenvalue weighted by molar-refractivity contribution is 7.99. The number of esters is 1. The van der Waals surface area contributed by atoms with E-state index in [0.29, 0.717) is 23.8 Å². The van der Waals surface area contributed by atoms with Gasteiger partial charge >= 0.3 is 11.9 Å². The molecule has 0 bridgehead atoms. The number of carboxylic acid groups (broad SMARTS) is 1. The second kappa shape index (κ2) is 12.2. The number of thioether (sulfide) groups is 1. The second-order valence-electron chi connectivity index (χ2n) is 8.65. The summed E-state index contributed by atoms with van der Waals surface area (Å²) in [5.41, 5.74) is 0.564. The fourth-order valence-electron chi connectivity index (χ4n) is 4.47. The van der Waals surface area contributed by atoms with Crippen LogP contribution in [0.3, 0.4) is 0 Å². The molecule has 0 saturated carbocycles. The van der Waals surface area contributed by atoms with Crippen molar-refractivity contribution < 1.29 is 29.0 Å². The third-order valence-electron chi connectivity index (χ3n) is 6.32. The number of ether oxygens (including phenoxy) is 1. The number of hydrogen-bond acceptors (Lipinski definition) is 7. The zero-order chi connectivity index (χ0) is 24.7.